The highest BCUT2D eigenvalue weighted by Crippen LogP contribution is 2.23. The van der Waals surface area contributed by atoms with Gasteiger partial charge in [0, 0.05) is 31.9 Å². The molecule has 0 atom stereocenters. The summed E-state index contributed by atoms with van der Waals surface area (Å²) in [5.41, 5.74) is 6.25. The quantitative estimate of drug-likeness (QED) is 0.678. The molecule has 3 aromatic rings. The molecule has 0 radical (unpaired) electrons. The van der Waals surface area contributed by atoms with Crippen molar-refractivity contribution >= 4 is 11.6 Å². The van der Waals surface area contributed by atoms with Crippen LogP contribution in [0, 0.1) is 13.8 Å². The average molecular weight is 389 g/mol. The minimum atomic E-state index is 0.0506. The predicted octanol–water partition coefficient (Wildman–Crippen LogP) is 4.01. The average Bonchev–Trinajstić information content (AvgIpc) is 3.15. The summed E-state index contributed by atoms with van der Waals surface area (Å²) in [5.74, 6) is 0.0506. The Hall–Kier alpha value is -3.08. The number of benzene rings is 2. The van der Waals surface area contributed by atoms with Crippen LogP contribution in [0.3, 0.4) is 0 Å². The van der Waals surface area contributed by atoms with Crippen LogP contribution in [0.1, 0.15) is 34.2 Å². The Morgan fingerprint density at radius 1 is 0.966 bits per heavy atom. The Morgan fingerprint density at radius 3 is 2.34 bits per heavy atom. The maximum atomic E-state index is 13.3. The first-order valence-corrected chi connectivity index (χ1v) is 10.3. The van der Waals surface area contributed by atoms with Crippen molar-refractivity contribution in [3.63, 3.8) is 0 Å². The number of carbonyl (C=O) groups excluding carboxylic acids is 1. The van der Waals surface area contributed by atoms with E-state index in [2.05, 4.69) is 48.1 Å². The van der Waals surface area contributed by atoms with E-state index in [0.29, 0.717) is 5.69 Å². The van der Waals surface area contributed by atoms with E-state index in [0.717, 1.165) is 44.0 Å². The van der Waals surface area contributed by atoms with Crippen molar-refractivity contribution in [1.29, 1.82) is 0 Å². The minimum Gasteiger partial charge on any atom is -0.368 e. The van der Waals surface area contributed by atoms with Gasteiger partial charge in [0.2, 0.25) is 0 Å². The van der Waals surface area contributed by atoms with Gasteiger partial charge in [-0.2, -0.15) is 5.10 Å². The highest BCUT2D eigenvalue weighted by Gasteiger charge is 2.26. The minimum absolute atomic E-state index is 0.0506. The maximum Gasteiger partial charge on any atom is 0.272 e. The third-order valence-electron chi connectivity index (χ3n) is 5.61. The molecule has 2 heterocycles. The Morgan fingerprint density at radius 2 is 1.66 bits per heavy atom. The van der Waals surface area contributed by atoms with Crippen LogP contribution >= 0.6 is 0 Å². The molecule has 1 aliphatic heterocycles. The number of aromatic nitrogens is 2. The van der Waals surface area contributed by atoms with Crippen molar-refractivity contribution < 1.29 is 4.79 Å². The molecule has 29 heavy (non-hydrogen) atoms. The first-order valence-electron chi connectivity index (χ1n) is 10.3. The highest BCUT2D eigenvalue weighted by atomic mass is 16.2. The molecule has 0 unspecified atom stereocenters. The van der Waals surface area contributed by atoms with Gasteiger partial charge in [-0.3, -0.25) is 4.79 Å². The van der Waals surface area contributed by atoms with E-state index in [1.807, 2.05) is 42.2 Å². The van der Waals surface area contributed by atoms with Crippen molar-refractivity contribution in [2.75, 3.05) is 31.1 Å². The molecular formula is C24H28N4O. The van der Waals surface area contributed by atoms with E-state index in [4.69, 9.17) is 0 Å². The van der Waals surface area contributed by atoms with Crippen molar-refractivity contribution in [1.82, 2.24) is 14.7 Å². The number of piperazine rings is 1. The first-order chi connectivity index (χ1) is 14.1. The molecule has 1 aliphatic rings. The molecule has 0 N–H and O–H groups in total. The van der Waals surface area contributed by atoms with E-state index in [1.54, 1.807) is 4.68 Å². The van der Waals surface area contributed by atoms with Crippen LogP contribution < -0.4 is 4.90 Å². The molecule has 150 valence electrons. The molecule has 2 aromatic carbocycles. The van der Waals surface area contributed by atoms with Gasteiger partial charge in [0.15, 0.2) is 0 Å². The number of anilines is 1. The summed E-state index contributed by atoms with van der Waals surface area (Å²) >= 11 is 0. The summed E-state index contributed by atoms with van der Waals surface area (Å²) in [5, 5.41) is 4.57. The fourth-order valence-corrected chi connectivity index (χ4v) is 3.97. The summed E-state index contributed by atoms with van der Waals surface area (Å²) in [6.45, 7) is 9.31. The van der Waals surface area contributed by atoms with Crippen LogP contribution in [-0.4, -0.2) is 46.8 Å². The molecule has 5 heteroatoms. The molecule has 0 aliphatic carbocycles. The number of hydrogen-bond donors (Lipinski definition) is 0. The van der Waals surface area contributed by atoms with Gasteiger partial charge in [-0.25, -0.2) is 4.68 Å². The number of amides is 1. The molecule has 0 bridgehead atoms. The zero-order valence-electron chi connectivity index (χ0n) is 17.4. The third kappa shape index (κ3) is 3.90. The molecule has 1 aromatic heterocycles. The third-order valence-corrected chi connectivity index (χ3v) is 5.61. The van der Waals surface area contributed by atoms with Crippen LogP contribution in [0.5, 0.6) is 0 Å². The second kappa shape index (κ2) is 8.11. The lowest BCUT2D eigenvalue weighted by Crippen LogP contribution is -2.49. The van der Waals surface area contributed by atoms with Crippen LogP contribution in [0.4, 0.5) is 5.69 Å². The van der Waals surface area contributed by atoms with Gasteiger partial charge in [-0.05, 0) is 50.1 Å². The first kappa shape index (κ1) is 19.2. The second-order valence-corrected chi connectivity index (χ2v) is 7.68. The van der Waals surface area contributed by atoms with E-state index in [9.17, 15) is 4.79 Å². The zero-order valence-corrected chi connectivity index (χ0v) is 17.4. The SMILES string of the molecule is CCc1ccccc1N1CCN(C(=O)c2cc(C)nn2-c2ccc(C)cc2)CC1. The van der Waals surface area contributed by atoms with Gasteiger partial charge in [-0.15, -0.1) is 0 Å². The number of hydrogen-bond acceptors (Lipinski definition) is 3. The second-order valence-electron chi connectivity index (χ2n) is 7.68. The van der Waals surface area contributed by atoms with Crippen molar-refractivity contribution in [2.45, 2.75) is 27.2 Å². The Balaban J connectivity index is 1.51. The van der Waals surface area contributed by atoms with Crippen LogP contribution in [0.2, 0.25) is 0 Å². The van der Waals surface area contributed by atoms with Gasteiger partial charge >= 0.3 is 0 Å². The molecule has 0 saturated carbocycles. The Kier molecular flexibility index (Phi) is 5.38. The molecular weight excluding hydrogens is 360 g/mol. The Labute approximate surface area is 172 Å². The van der Waals surface area contributed by atoms with Crippen LogP contribution in [-0.2, 0) is 6.42 Å². The largest absolute Gasteiger partial charge is 0.368 e. The lowest BCUT2D eigenvalue weighted by molar-refractivity contribution is 0.0737. The molecule has 1 amide bonds. The topological polar surface area (TPSA) is 41.4 Å². The lowest BCUT2D eigenvalue weighted by atomic mass is 10.1. The van der Waals surface area contributed by atoms with E-state index >= 15 is 0 Å². The van der Waals surface area contributed by atoms with Gasteiger partial charge in [0.25, 0.3) is 5.91 Å². The smallest absolute Gasteiger partial charge is 0.272 e. The normalized spacial score (nSPS) is 14.3. The van der Waals surface area contributed by atoms with Crippen molar-refractivity contribution in [2.24, 2.45) is 0 Å². The monoisotopic (exact) mass is 388 g/mol. The van der Waals surface area contributed by atoms with Crippen LogP contribution in [0.25, 0.3) is 5.69 Å². The molecule has 5 nitrogen and oxygen atoms in total. The highest BCUT2D eigenvalue weighted by molar-refractivity contribution is 5.93. The van der Waals surface area contributed by atoms with E-state index < -0.39 is 0 Å². The Bertz CT molecular complexity index is 998. The van der Waals surface area contributed by atoms with Gasteiger partial charge in [-0.1, -0.05) is 42.8 Å². The molecule has 0 spiro atoms. The summed E-state index contributed by atoms with van der Waals surface area (Å²) in [6.07, 6.45) is 1.02. The van der Waals surface area contributed by atoms with Crippen molar-refractivity contribution in [3.8, 4) is 5.69 Å². The summed E-state index contributed by atoms with van der Waals surface area (Å²) in [6, 6.07) is 18.6. The van der Waals surface area contributed by atoms with E-state index in [-0.39, 0.29) is 5.91 Å². The molecule has 4 rings (SSSR count). The number of aryl methyl sites for hydroxylation is 3. The summed E-state index contributed by atoms with van der Waals surface area (Å²) in [7, 11) is 0. The lowest BCUT2D eigenvalue weighted by Gasteiger charge is -2.37. The number of para-hydroxylation sites is 1. The predicted molar refractivity (Wildman–Crippen MR) is 117 cm³/mol. The van der Waals surface area contributed by atoms with E-state index in [1.165, 1.54) is 16.8 Å². The van der Waals surface area contributed by atoms with Crippen LogP contribution in [0.15, 0.2) is 54.6 Å². The van der Waals surface area contributed by atoms with Gasteiger partial charge in [0.05, 0.1) is 11.4 Å². The van der Waals surface area contributed by atoms with Crippen molar-refractivity contribution in [3.05, 3.63) is 77.1 Å². The molecule has 1 fully saturated rings. The van der Waals surface area contributed by atoms with Gasteiger partial charge < -0.3 is 9.80 Å². The number of carbonyl (C=O) groups is 1. The summed E-state index contributed by atoms with van der Waals surface area (Å²) < 4.78 is 1.77. The number of nitrogens with zero attached hydrogens (tertiary/aromatic N) is 4. The van der Waals surface area contributed by atoms with Gasteiger partial charge in [0.1, 0.15) is 5.69 Å². The summed E-state index contributed by atoms with van der Waals surface area (Å²) in [4.78, 5) is 17.6. The fraction of sp³-hybridized carbons (Fsp3) is 0.333. The number of rotatable bonds is 4. The standard InChI is InChI=1S/C24H28N4O/c1-4-20-7-5-6-8-22(20)26-13-15-27(16-14-26)24(29)23-17-19(3)25-28(23)21-11-9-18(2)10-12-21/h5-12,17H,4,13-16H2,1-3H3. The fourth-order valence-electron chi connectivity index (χ4n) is 3.97. The maximum absolute atomic E-state index is 13.3. The molecule has 1 saturated heterocycles. The zero-order chi connectivity index (χ0) is 20.4.